The van der Waals surface area contributed by atoms with Gasteiger partial charge in [-0.1, -0.05) is 25.5 Å². The summed E-state index contributed by atoms with van der Waals surface area (Å²) in [6, 6.07) is 4.60. The molecule has 2 saturated carbocycles. The number of nitrogens with one attached hydrogen (secondary N) is 3. The molecule has 42 heavy (non-hydrogen) atoms. The molecule has 1 saturated heterocycles. The Morgan fingerprint density at radius 1 is 0.976 bits per heavy atom. The van der Waals surface area contributed by atoms with Gasteiger partial charge in [-0.3, -0.25) is 24.1 Å². The number of amides is 3. The zero-order valence-corrected chi connectivity index (χ0v) is 25.0. The van der Waals surface area contributed by atoms with Crippen LogP contribution in [-0.2, 0) is 30.3 Å². The summed E-state index contributed by atoms with van der Waals surface area (Å²) in [7, 11) is 1.57. The molecule has 1 aromatic carbocycles. The quantitative estimate of drug-likeness (QED) is 0.235. The Balaban J connectivity index is 1.43. The number of carbonyl (C=O) groups excluding carboxylic acids is 4. The maximum Gasteiger partial charge on any atom is 0.243 e. The summed E-state index contributed by atoms with van der Waals surface area (Å²) < 4.78 is 10.6. The minimum atomic E-state index is -0.983. The second-order valence-electron chi connectivity index (χ2n) is 12.0. The van der Waals surface area contributed by atoms with Gasteiger partial charge in [-0.25, -0.2) is 0 Å². The number of morpholine rings is 1. The van der Waals surface area contributed by atoms with Gasteiger partial charge in [0.2, 0.25) is 17.7 Å². The summed E-state index contributed by atoms with van der Waals surface area (Å²) in [5.74, 6) is 0.224. The number of hydrogen-bond donors (Lipinski definition) is 4. The summed E-state index contributed by atoms with van der Waals surface area (Å²) in [5, 5.41) is 18.1. The Labute approximate surface area is 248 Å². The molecule has 1 heterocycles. The Bertz CT molecular complexity index is 1080. The van der Waals surface area contributed by atoms with Crippen LogP contribution in [0.15, 0.2) is 24.3 Å². The molecule has 1 aliphatic heterocycles. The Morgan fingerprint density at radius 2 is 1.62 bits per heavy atom. The molecule has 4 rings (SSSR count). The zero-order valence-electron chi connectivity index (χ0n) is 25.0. The van der Waals surface area contributed by atoms with Gasteiger partial charge in [-0.2, -0.15) is 0 Å². The van der Waals surface area contributed by atoms with Crippen molar-refractivity contribution in [2.24, 2.45) is 23.7 Å². The first-order valence-electron chi connectivity index (χ1n) is 15.2. The number of fused-ring (bicyclic) bond motifs is 1. The van der Waals surface area contributed by atoms with Crippen LogP contribution in [0, 0.1) is 23.7 Å². The third kappa shape index (κ3) is 8.52. The number of hydrogen-bond acceptors (Lipinski definition) is 8. The smallest absolute Gasteiger partial charge is 0.243 e. The van der Waals surface area contributed by atoms with E-state index in [2.05, 4.69) is 16.0 Å². The minimum Gasteiger partial charge on any atom is -0.497 e. The highest BCUT2D eigenvalue weighted by atomic mass is 16.5. The number of benzene rings is 1. The zero-order chi connectivity index (χ0) is 30.2. The number of aliphatic hydroxyl groups excluding tert-OH is 1. The molecule has 3 amide bonds. The van der Waals surface area contributed by atoms with E-state index in [9.17, 15) is 24.3 Å². The number of nitrogens with zero attached hydrogens (tertiary/aromatic N) is 1. The number of methoxy groups -OCH3 is 1. The number of ether oxygens (including phenoxy) is 2. The molecule has 11 nitrogen and oxygen atoms in total. The second-order valence-corrected chi connectivity index (χ2v) is 12.0. The van der Waals surface area contributed by atoms with E-state index in [1.54, 1.807) is 33.1 Å². The molecular weight excluding hydrogens is 540 g/mol. The predicted molar refractivity (Wildman–Crippen MR) is 156 cm³/mol. The first-order valence-corrected chi connectivity index (χ1v) is 15.2. The fraction of sp³-hybridized carbons (Fsp3) is 0.677. The molecule has 3 aliphatic rings. The van der Waals surface area contributed by atoms with Gasteiger partial charge >= 0.3 is 0 Å². The van der Waals surface area contributed by atoms with Gasteiger partial charge in [0.1, 0.15) is 17.8 Å². The Morgan fingerprint density at radius 3 is 2.24 bits per heavy atom. The van der Waals surface area contributed by atoms with Crippen LogP contribution in [-0.4, -0.2) is 98.2 Å². The lowest BCUT2D eigenvalue weighted by atomic mass is 9.93. The first-order chi connectivity index (χ1) is 20.2. The molecule has 6 unspecified atom stereocenters. The van der Waals surface area contributed by atoms with Crippen molar-refractivity contribution in [3.05, 3.63) is 29.8 Å². The minimum absolute atomic E-state index is 0.159. The maximum atomic E-state index is 13.7. The van der Waals surface area contributed by atoms with Gasteiger partial charge in [0.25, 0.3) is 0 Å². The van der Waals surface area contributed by atoms with Crippen molar-refractivity contribution in [1.82, 2.24) is 20.9 Å². The highest BCUT2D eigenvalue weighted by molar-refractivity contribution is 5.95. The molecule has 1 aromatic rings. The highest BCUT2D eigenvalue weighted by Gasteiger charge is 2.53. The van der Waals surface area contributed by atoms with Gasteiger partial charge < -0.3 is 30.5 Å². The SMILES string of the molecule is COc1ccc(CC(NC(=O)C(C)NC(=O)CN2CCOCC2)C(=O)NC(CC2C3CCCC32)C(=O)C(C)CO)cc1. The van der Waals surface area contributed by atoms with Gasteiger partial charge in [-0.05, 0) is 61.6 Å². The highest BCUT2D eigenvalue weighted by Crippen LogP contribution is 2.59. The number of rotatable bonds is 15. The molecule has 2 aliphatic carbocycles. The molecule has 3 fully saturated rings. The molecule has 0 aromatic heterocycles. The van der Waals surface area contributed by atoms with Crippen LogP contribution in [0.5, 0.6) is 5.75 Å². The van der Waals surface area contributed by atoms with Crippen molar-refractivity contribution < 1.29 is 33.8 Å². The monoisotopic (exact) mass is 586 g/mol. The number of Topliss-reactive ketones (excluding diaryl/α,β-unsaturated/α-hetero) is 1. The topological polar surface area (TPSA) is 146 Å². The molecule has 0 spiro atoms. The summed E-state index contributed by atoms with van der Waals surface area (Å²) in [6.45, 7) is 5.53. The van der Waals surface area contributed by atoms with E-state index in [0.717, 1.165) is 18.4 Å². The van der Waals surface area contributed by atoms with Crippen LogP contribution >= 0.6 is 0 Å². The fourth-order valence-corrected chi connectivity index (χ4v) is 6.36. The van der Waals surface area contributed by atoms with Crippen LogP contribution in [0.1, 0.15) is 45.1 Å². The molecule has 0 bridgehead atoms. The lowest BCUT2D eigenvalue weighted by molar-refractivity contribution is -0.134. The molecule has 4 N–H and O–H groups in total. The normalized spacial score (nSPS) is 24.4. The largest absolute Gasteiger partial charge is 0.497 e. The molecule has 6 atom stereocenters. The van der Waals surface area contributed by atoms with Gasteiger partial charge in [0, 0.05) is 25.4 Å². The summed E-state index contributed by atoms with van der Waals surface area (Å²) in [5.41, 5.74) is 0.795. The van der Waals surface area contributed by atoms with Crippen LogP contribution in [0.2, 0.25) is 0 Å². The number of aliphatic hydroxyl groups is 1. The predicted octanol–water partition coefficient (Wildman–Crippen LogP) is 0.678. The standard InChI is InChI=1S/C31H46N4O7/c1-19(18-36)29(38)26(16-25-23-5-4-6-24(23)25)33-31(40)27(15-21-7-9-22(41-3)10-8-21)34-30(39)20(2)32-28(37)17-35-11-13-42-14-12-35/h7-10,19-20,23-27,36H,4-6,11-18H2,1-3H3,(H,32,37)(H,33,40)(H,34,39). The van der Waals surface area contributed by atoms with Crippen LogP contribution in [0.4, 0.5) is 0 Å². The Hall–Kier alpha value is -3.02. The fourth-order valence-electron chi connectivity index (χ4n) is 6.36. The van der Waals surface area contributed by atoms with E-state index in [1.807, 2.05) is 17.0 Å². The van der Waals surface area contributed by atoms with Crippen LogP contribution < -0.4 is 20.7 Å². The van der Waals surface area contributed by atoms with Crippen LogP contribution in [0.25, 0.3) is 0 Å². The van der Waals surface area contributed by atoms with E-state index in [4.69, 9.17) is 9.47 Å². The van der Waals surface area contributed by atoms with Crippen molar-refractivity contribution in [3.63, 3.8) is 0 Å². The number of carbonyl (C=O) groups is 4. The lowest BCUT2D eigenvalue weighted by Crippen LogP contribution is -2.57. The Kier molecular flexibility index (Phi) is 11.3. The molecule has 11 heteroatoms. The summed E-state index contributed by atoms with van der Waals surface area (Å²) in [4.78, 5) is 54.7. The first kappa shape index (κ1) is 31.9. The third-order valence-electron chi connectivity index (χ3n) is 8.98. The second kappa shape index (κ2) is 14.9. The van der Waals surface area contributed by atoms with E-state index in [1.165, 1.54) is 6.42 Å². The number of ketones is 1. The van der Waals surface area contributed by atoms with E-state index in [0.29, 0.717) is 56.2 Å². The molecule has 0 radical (unpaired) electrons. The third-order valence-corrected chi connectivity index (χ3v) is 8.98. The van der Waals surface area contributed by atoms with Gasteiger partial charge in [-0.15, -0.1) is 0 Å². The average Bonchev–Trinajstić information content (AvgIpc) is 3.39. The maximum absolute atomic E-state index is 13.7. The van der Waals surface area contributed by atoms with E-state index < -0.39 is 35.9 Å². The van der Waals surface area contributed by atoms with Crippen molar-refractivity contribution in [2.75, 3.05) is 46.6 Å². The van der Waals surface area contributed by atoms with Crippen molar-refractivity contribution in [2.45, 2.75) is 64.1 Å². The molecule has 232 valence electrons. The van der Waals surface area contributed by atoms with Crippen LogP contribution in [0.3, 0.4) is 0 Å². The summed E-state index contributed by atoms with van der Waals surface area (Å²) >= 11 is 0. The van der Waals surface area contributed by atoms with Gasteiger partial charge in [0.15, 0.2) is 5.78 Å². The summed E-state index contributed by atoms with van der Waals surface area (Å²) in [6.07, 6.45) is 4.25. The average molecular weight is 587 g/mol. The van der Waals surface area contributed by atoms with Crippen molar-refractivity contribution in [3.8, 4) is 5.75 Å². The lowest BCUT2D eigenvalue weighted by Gasteiger charge is -2.27. The molecular formula is C31H46N4O7. The van der Waals surface area contributed by atoms with Crippen molar-refractivity contribution in [1.29, 1.82) is 0 Å². The van der Waals surface area contributed by atoms with Crippen molar-refractivity contribution >= 4 is 23.5 Å². The van der Waals surface area contributed by atoms with Gasteiger partial charge in [0.05, 0.1) is 39.5 Å². The van der Waals surface area contributed by atoms with E-state index >= 15 is 0 Å². The van der Waals surface area contributed by atoms with E-state index in [-0.39, 0.29) is 31.3 Å².